The van der Waals surface area contributed by atoms with Gasteiger partial charge in [-0.2, -0.15) is 0 Å². The highest BCUT2D eigenvalue weighted by Gasteiger charge is 2.13. The molecule has 8 heteroatoms. The van der Waals surface area contributed by atoms with Crippen molar-refractivity contribution in [3.8, 4) is 0 Å². The lowest BCUT2D eigenvalue weighted by atomic mass is 10.2. The average molecular weight is 455 g/mol. The maximum absolute atomic E-state index is 11.1. The maximum atomic E-state index is 11.1. The minimum Gasteiger partial charge on any atom is -0.395 e. The summed E-state index contributed by atoms with van der Waals surface area (Å²) in [7, 11) is 3.63. The van der Waals surface area contributed by atoms with E-state index in [0.717, 1.165) is 22.3 Å². The molecule has 0 aromatic carbocycles. The Bertz CT molecular complexity index is 673. The smallest absolute Gasteiger partial charge is 0.213 e. The number of amides is 1. The Morgan fingerprint density at radius 3 is 2.32 bits per heavy atom. The fourth-order valence-corrected chi connectivity index (χ4v) is 2.50. The molecule has 0 aliphatic carbocycles. The average Bonchev–Trinajstić information content (AvgIpc) is 2.65. The van der Waals surface area contributed by atoms with Crippen LogP contribution in [0.1, 0.15) is 39.1 Å². The molecule has 1 aromatic heterocycles. The topological polar surface area (TPSA) is 91.7 Å². The van der Waals surface area contributed by atoms with Gasteiger partial charge in [0.15, 0.2) is 0 Å². The van der Waals surface area contributed by atoms with Crippen molar-refractivity contribution >= 4 is 28.0 Å². The largest absolute Gasteiger partial charge is 0.395 e. The first kappa shape index (κ1) is 25.9. The summed E-state index contributed by atoms with van der Waals surface area (Å²) in [6.07, 6.45) is 4.40. The molecule has 1 rings (SSSR count). The Morgan fingerprint density at radius 2 is 1.86 bits per heavy atom. The van der Waals surface area contributed by atoms with Crippen molar-refractivity contribution < 1.29 is 4.79 Å². The second kappa shape index (κ2) is 13.2. The molecule has 0 unspecified atom stereocenters. The fraction of sp³-hybridized carbons (Fsp3) is 0.500. The number of nitrogens with zero attached hydrogens (tertiary/aromatic N) is 4. The van der Waals surface area contributed by atoms with Crippen LogP contribution in [-0.2, 0) is 4.79 Å². The second-order valence-corrected chi connectivity index (χ2v) is 7.50. The lowest BCUT2D eigenvalue weighted by Gasteiger charge is -2.25. The molecular weight excluding hydrogens is 420 g/mol. The second-order valence-electron chi connectivity index (χ2n) is 6.64. The number of nitrogens with two attached hydrogens (primary N) is 2. The Labute approximate surface area is 178 Å². The Balaban J connectivity index is 0.00000352. The van der Waals surface area contributed by atoms with Crippen LogP contribution in [0.3, 0.4) is 0 Å². The van der Waals surface area contributed by atoms with Crippen LogP contribution in [0.5, 0.6) is 0 Å². The number of hydrogen-bond donors (Lipinski definition) is 2. The quantitative estimate of drug-likeness (QED) is 0.338. The fourth-order valence-electron chi connectivity index (χ4n) is 2.28. The molecule has 158 valence electrons. The van der Waals surface area contributed by atoms with Gasteiger partial charge in [-0.3, -0.25) is 9.78 Å². The number of hydrogen-bond acceptors (Lipinski definition) is 6. The molecule has 28 heavy (non-hydrogen) atoms. The van der Waals surface area contributed by atoms with Crippen LogP contribution in [0.4, 0.5) is 0 Å². The summed E-state index contributed by atoms with van der Waals surface area (Å²) in [5.74, 6) is 6.37. The summed E-state index contributed by atoms with van der Waals surface area (Å²) in [5, 5.41) is 1.49. The first-order valence-electron chi connectivity index (χ1n) is 9.35. The lowest BCUT2D eigenvalue weighted by molar-refractivity contribution is -0.116. The van der Waals surface area contributed by atoms with Crippen molar-refractivity contribution in [1.82, 2.24) is 19.8 Å². The van der Waals surface area contributed by atoms with Gasteiger partial charge >= 0.3 is 0 Å². The molecule has 0 fully saturated rings. The molecule has 7 nitrogen and oxygen atoms in total. The van der Waals surface area contributed by atoms with Crippen LogP contribution < -0.4 is 11.6 Å². The Morgan fingerprint density at radius 1 is 1.25 bits per heavy atom. The molecule has 0 saturated carbocycles. The molecule has 0 radical (unpaired) electrons. The monoisotopic (exact) mass is 454 g/mol. The summed E-state index contributed by atoms with van der Waals surface area (Å²) in [6, 6.07) is 3.76. The first-order valence-corrected chi connectivity index (χ1v) is 10.1. The molecule has 0 bridgehead atoms. The third kappa shape index (κ3) is 8.75. The molecule has 0 spiro atoms. The first-order chi connectivity index (χ1) is 13.1. The van der Waals surface area contributed by atoms with Crippen molar-refractivity contribution in [3.05, 3.63) is 46.1 Å². The molecule has 0 aliphatic heterocycles. The lowest BCUT2D eigenvalue weighted by Crippen LogP contribution is -2.34. The normalized spacial score (nSPS) is 11.6. The van der Waals surface area contributed by atoms with Crippen LogP contribution in [0, 0.1) is 12.8 Å². The van der Waals surface area contributed by atoms with E-state index < -0.39 is 0 Å². The van der Waals surface area contributed by atoms with Gasteiger partial charge < -0.3 is 20.5 Å². The standard InChI is InChI=1S/C18H29BrN6O.C2H6/c1-13(2)10-25(12-26)9-8-23(4)11-17(24(5)21)18(20)16-7-6-15(19)14(3)22-16;1-2/h6-9,12-13H,10-11,20-21H2,1-5H3;1-2H3/b9-8-,18-17-;. The Kier molecular flexibility index (Phi) is 12.2. The van der Waals surface area contributed by atoms with E-state index in [1.165, 1.54) is 5.01 Å². The summed E-state index contributed by atoms with van der Waals surface area (Å²) >= 11 is 3.44. The van der Waals surface area contributed by atoms with Gasteiger partial charge in [-0.1, -0.05) is 27.7 Å². The third-order valence-corrected chi connectivity index (χ3v) is 4.50. The van der Waals surface area contributed by atoms with E-state index in [4.69, 9.17) is 11.6 Å². The Hall–Kier alpha value is -2.06. The molecule has 0 saturated heterocycles. The van der Waals surface area contributed by atoms with Gasteiger partial charge in [0, 0.05) is 37.5 Å². The molecule has 1 amide bonds. The third-order valence-electron chi connectivity index (χ3n) is 3.66. The van der Waals surface area contributed by atoms with E-state index in [0.29, 0.717) is 30.4 Å². The number of carbonyl (C=O) groups is 1. The van der Waals surface area contributed by atoms with E-state index >= 15 is 0 Å². The minimum atomic E-state index is 0.392. The zero-order chi connectivity index (χ0) is 21.9. The molecule has 1 aromatic rings. The molecule has 0 aliphatic rings. The van der Waals surface area contributed by atoms with Gasteiger partial charge in [0.25, 0.3) is 0 Å². The number of pyridine rings is 1. The maximum Gasteiger partial charge on any atom is 0.213 e. The molecule has 0 atom stereocenters. The summed E-state index contributed by atoms with van der Waals surface area (Å²) in [5.41, 5.74) is 9.09. The van der Waals surface area contributed by atoms with Crippen molar-refractivity contribution in [2.45, 2.75) is 34.6 Å². The highest BCUT2D eigenvalue weighted by molar-refractivity contribution is 9.10. The van der Waals surface area contributed by atoms with Gasteiger partial charge in [-0.25, -0.2) is 5.84 Å². The van der Waals surface area contributed by atoms with Crippen LogP contribution >= 0.6 is 15.9 Å². The zero-order valence-electron chi connectivity index (χ0n) is 18.1. The van der Waals surface area contributed by atoms with Crippen LogP contribution in [0.25, 0.3) is 5.70 Å². The number of rotatable bonds is 9. The summed E-state index contributed by atoms with van der Waals surface area (Å²) < 4.78 is 0.927. The van der Waals surface area contributed by atoms with Gasteiger partial charge in [0.05, 0.1) is 29.3 Å². The van der Waals surface area contributed by atoms with Gasteiger partial charge in [-0.15, -0.1) is 0 Å². The zero-order valence-corrected chi connectivity index (χ0v) is 19.7. The molecular formula is C20H35BrN6O. The predicted octanol–water partition coefficient (Wildman–Crippen LogP) is 3.13. The van der Waals surface area contributed by atoms with Crippen molar-refractivity contribution in [1.29, 1.82) is 0 Å². The number of halogens is 1. The molecule has 4 N–H and O–H groups in total. The molecule has 1 heterocycles. The minimum absolute atomic E-state index is 0.392. The van der Waals surface area contributed by atoms with Crippen molar-refractivity contribution in [2.24, 2.45) is 17.5 Å². The van der Waals surface area contributed by atoms with E-state index in [1.807, 2.05) is 51.1 Å². The number of aryl methyl sites for hydroxylation is 1. The van der Waals surface area contributed by atoms with Gasteiger partial charge in [-0.05, 0) is 40.9 Å². The van der Waals surface area contributed by atoms with Crippen molar-refractivity contribution in [2.75, 3.05) is 27.2 Å². The van der Waals surface area contributed by atoms with Gasteiger partial charge in [0.1, 0.15) is 0 Å². The summed E-state index contributed by atoms with van der Waals surface area (Å²) in [4.78, 5) is 19.1. The highest BCUT2D eigenvalue weighted by atomic mass is 79.9. The summed E-state index contributed by atoms with van der Waals surface area (Å²) in [6.45, 7) is 11.2. The number of carbonyl (C=O) groups excluding carboxylic acids is 1. The van der Waals surface area contributed by atoms with Crippen LogP contribution in [0.2, 0.25) is 0 Å². The van der Waals surface area contributed by atoms with Gasteiger partial charge in [0.2, 0.25) is 6.41 Å². The van der Waals surface area contributed by atoms with Crippen molar-refractivity contribution in [3.63, 3.8) is 0 Å². The predicted molar refractivity (Wildman–Crippen MR) is 120 cm³/mol. The SMILES string of the molecule is CC.Cc1nc(/C(N)=C(\CN(C)/C=C\N(C=O)CC(C)C)N(C)N)ccc1Br. The highest BCUT2D eigenvalue weighted by Crippen LogP contribution is 2.19. The van der Waals surface area contributed by atoms with E-state index in [-0.39, 0.29) is 0 Å². The number of likely N-dealkylation sites (N-methyl/N-ethyl adjacent to an activating group) is 2. The van der Waals surface area contributed by atoms with E-state index in [2.05, 4.69) is 34.8 Å². The number of aromatic nitrogens is 1. The number of hydrazine groups is 1. The van der Waals surface area contributed by atoms with E-state index in [9.17, 15) is 4.79 Å². The van der Waals surface area contributed by atoms with Crippen LogP contribution in [-0.4, -0.2) is 53.4 Å². The van der Waals surface area contributed by atoms with E-state index in [1.54, 1.807) is 18.1 Å². The van der Waals surface area contributed by atoms with Crippen LogP contribution in [0.15, 0.2) is 34.7 Å².